The third kappa shape index (κ3) is 4.30. The van der Waals surface area contributed by atoms with E-state index in [-0.39, 0.29) is 11.8 Å². The number of carbonyl (C=O) groups is 2. The van der Waals surface area contributed by atoms with Crippen LogP contribution in [0.4, 0.5) is 11.4 Å². The van der Waals surface area contributed by atoms with Gasteiger partial charge in [-0.05, 0) is 43.3 Å². The number of nitrogens with one attached hydrogen (secondary N) is 2. The molecule has 1 heterocycles. The summed E-state index contributed by atoms with van der Waals surface area (Å²) >= 11 is 0. The highest BCUT2D eigenvalue weighted by Crippen LogP contribution is 2.20. The van der Waals surface area contributed by atoms with Gasteiger partial charge >= 0.3 is 0 Å². The van der Waals surface area contributed by atoms with Crippen LogP contribution in [0.3, 0.4) is 0 Å². The van der Waals surface area contributed by atoms with Crippen LogP contribution in [0, 0.1) is 0 Å². The number of methoxy groups -OCH3 is 1. The molecule has 0 radical (unpaired) electrons. The fourth-order valence-corrected chi connectivity index (χ4v) is 2.45. The quantitative estimate of drug-likeness (QED) is 0.700. The van der Waals surface area contributed by atoms with E-state index in [4.69, 9.17) is 4.74 Å². The lowest BCUT2D eigenvalue weighted by molar-refractivity contribution is -0.119. The number of benzene rings is 2. The molecule has 8 nitrogen and oxygen atoms in total. The van der Waals surface area contributed by atoms with Gasteiger partial charge in [0, 0.05) is 11.4 Å². The molecule has 0 aliphatic rings. The first-order chi connectivity index (χ1) is 13.1. The zero-order valence-electron chi connectivity index (χ0n) is 14.9. The topological polar surface area (TPSA) is 98.1 Å². The number of para-hydroxylation sites is 1. The van der Waals surface area contributed by atoms with Crippen LogP contribution in [0.1, 0.15) is 23.3 Å². The number of rotatable bonds is 6. The van der Waals surface area contributed by atoms with Gasteiger partial charge in [0.05, 0.1) is 12.7 Å². The molecular formula is C19H19N5O3. The number of amides is 2. The standard InChI is InChI=1S/C19H19N5O3/c1-13(24-12-20-11-21-24)18(25)22-14-7-9-15(10-8-14)23-19(26)16-5-3-4-6-17(16)27-2/h3-13H,1-2H3,(H,22,25)(H,23,26). The summed E-state index contributed by atoms with van der Waals surface area (Å²) in [6.45, 7) is 1.73. The Hall–Kier alpha value is -3.68. The summed E-state index contributed by atoms with van der Waals surface area (Å²) in [6, 6.07) is 13.3. The van der Waals surface area contributed by atoms with E-state index in [1.165, 1.54) is 24.4 Å². The summed E-state index contributed by atoms with van der Waals surface area (Å²) in [7, 11) is 1.52. The highest BCUT2D eigenvalue weighted by molar-refractivity contribution is 6.06. The number of aromatic nitrogens is 3. The van der Waals surface area contributed by atoms with E-state index in [9.17, 15) is 9.59 Å². The summed E-state index contributed by atoms with van der Waals surface area (Å²) in [5, 5.41) is 9.56. The molecule has 138 valence electrons. The maximum atomic E-state index is 12.4. The van der Waals surface area contributed by atoms with E-state index in [1.807, 2.05) is 0 Å². The first-order valence-corrected chi connectivity index (χ1v) is 8.28. The smallest absolute Gasteiger partial charge is 0.259 e. The minimum absolute atomic E-state index is 0.216. The molecule has 3 aromatic rings. The molecule has 0 saturated heterocycles. The third-order valence-corrected chi connectivity index (χ3v) is 3.97. The van der Waals surface area contributed by atoms with Crippen LogP contribution in [0.2, 0.25) is 0 Å². The molecule has 2 N–H and O–H groups in total. The van der Waals surface area contributed by atoms with Crippen LogP contribution >= 0.6 is 0 Å². The van der Waals surface area contributed by atoms with Gasteiger partial charge in [-0.2, -0.15) is 5.10 Å². The van der Waals surface area contributed by atoms with Crippen molar-refractivity contribution in [2.75, 3.05) is 17.7 Å². The summed E-state index contributed by atoms with van der Waals surface area (Å²) in [4.78, 5) is 28.5. The van der Waals surface area contributed by atoms with E-state index < -0.39 is 6.04 Å². The Balaban J connectivity index is 1.63. The summed E-state index contributed by atoms with van der Waals surface area (Å²) in [6.07, 6.45) is 2.86. The molecule has 2 aromatic carbocycles. The number of hydrogen-bond acceptors (Lipinski definition) is 5. The van der Waals surface area contributed by atoms with E-state index in [0.29, 0.717) is 22.7 Å². The Kier molecular flexibility index (Phi) is 5.46. The van der Waals surface area contributed by atoms with Crippen molar-refractivity contribution in [2.45, 2.75) is 13.0 Å². The van der Waals surface area contributed by atoms with Crippen molar-refractivity contribution in [3.05, 3.63) is 66.7 Å². The molecule has 3 rings (SSSR count). The lowest BCUT2D eigenvalue weighted by atomic mass is 10.2. The number of hydrogen-bond donors (Lipinski definition) is 2. The largest absolute Gasteiger partial charge is 0.496 e. The third-order valence-electron chi connectivity index (χ3n) is 3.97. The monoisotopic (exact) mass is 365 g/mol. The summed E-state index contributed by atoms with van der Waals surface area (Å²) in [5.41, 5.74) is 1.66. The second kappa shape index (κ2) is 8.13. The molecule has 1 atom stereocenters. The van der Waals surface area contributed by atoms with Crippen LogP contribution in [-0.4, -0.2) is 33.7 Å². The fraction of sp³-hybridized carbons (Fsp3) is 0.158. The molecule has 8 heteroatoms. The molecule has 0 bridgehead atoms. The number of nitrogens with zero attached hydrogens (tertiary/aromatic N) is 3. The second-order valence-electron chi connectivity index (χ2n) is 5.77. The van der Waals surface area contributed by atoms with Gasteiger partial charge in [-0.25, -0.2) is 9.67 Å². The van der Waals surface area contributed by atoms with Crippen LogP contribution in [0.5, 0.6) is 5.75 Å². The maximum absolute atomic E-state index is 12.4. The van der Waals surface area contributed by atoms with Crippen molar-refractivity contribution in [3.63, 3.8) is 0 Å². The average Bonchev–Trinajstić information content (AvgIpc) is 3.23. The van der Waals surface area contributed by atoms with Gasteiger partial charge in [0.1, 0.15) is 24.4 Å². The van der Waals surface area contributed by atoms with E-state index in [1.54, 1.807) is 55.5 Å². The van der Waals surface area contributed by atoms with Crippen LogP contribution in [0.15, 0.2) is 61.2 Å². The Morgan fingerprint density at radius 2 is 1.70 bits per heavy atom. The Labute approximate surface area is 156 Å². The molecule has 1 unspecified atom stereocenters. The molecule has 27 heavy (non-hydrogen) atoms. The zero-order chi connectivity index (χ0) is 19.2. The van der Waals surface area contributed by atoms with Crippen LogP contribution in [-0.2, 0) is 4.79 Å². The SMILES string of the molecule is COc1ccccc1C(=O)Nc1ccc(NC(=O)C(C)n2cncn2)cc1. The van der Waals surface area contributed by atoms with Crippen LogP contribution < -0.4 is 15.4 Å². The van der Waals surface area contributed by atoms with Crippen molar-refractivity contribution in [1.29, 1.82) is 0 Å². The van der Waals surface area contributed by atoms with Crippen LogP contribution in [0.25, 0.3) is 0 Å². The average molecular weight is 365 g/mol. The van der Waals surface area contributed by atoms with Gasteiger partial charge in [0.15, 0.2) is 0 Å². The minimum Gasteiger partial charge on any atom is -0.496 e. The number of ether oxygens (including phenoxy) is 1. The predicted octanol–water partition coefficient (Wildman–Crippen LogP) is 2.74. The maximum Gasteiger partial charge on any atom is 0.259 e. The summed E-state index contributed by atoms with van der Waals surface area (Å²) < 4.78 is 6.67. The lowest BCUT2D eigenvalue weighted by Gasteiger charge is -2.13. The van der Waals surface area contributed by atoms with Gasteiger partial charge in [-0.3, -0.25) is 9.59 Å². The fourth-order valence-electron chi connectivity index (χ4n) is 2.45. The van der Waals surface area contributed by atoms with Crippen molar-refractivity contribution in [1.82, 2.24) is 14.8 Å². The molecule has 0 spiro atoms. The minimum atomic E-state index is -0.488. The Morgan fingerprint density at radius 1 is 1.04 bits per heavy atom. The first-order valence-electron chi connectivity index (χ1n) is 8.28. The molecule has 0 fully saturated rings. The van der Waals surface area contributed by atoms with Gasteiger partial charge in [0.2, 0.25) is 5.91 Å². The van der Waals surface area contributed by atoms with E-state index in [2.05, 4.69) is 20.7 Å². The molecule has 0 aliphatic heterocycles. The Bertz CT molecular complexity index is 923. The van der Waals surface area contributed by atoms with Crippen molar-refractivity contribution >= 4 is 23.2 Å². The van der Waals surface area contributed by atoms with Gasteiger partial charge < -0.3 is 15.4 Å². The van der Waals surface area contributed by atoms with Crippen molar-refractivity contribution < 1.29 is 14.3 Å². The number of anilines is 2. The van der Waals surface area contributed by atoms with E-state index in [0.717, 1.165) is 0 Å². The molecule has 2 amide bonds. The van der Waals surface area contributed by atoms with Gasteiger partial charge in [0.25, 0.3) is 5.91 Å². The molecule has 0 saturated carbocycles. The zero-order valence-corrected chi connectivity index (χ0v) is 14.9. The Morgan fingerprint density at radius 3 is 2.33 bits per heavy atom. The normalized spacial score (nSPS) is 11.5. The molecule has 1 aromatic heterocycles. The predicted molar refractivity (Wildman–Crippen MR) is 101 cm³/mol. The summed E-state index contributed by atoms with van der Waals surface area (Å²) in [5.74, 6) is 0.0105. The van der Waals surface area contributed by atoms with Crippen molar-refractivity contribution in [2.24, 2.45) is 0 Å². The number of carbonyl (C=O) groups excluding carboxylic acids is 2. The lowest BCUT2D eigenvalue weighted by Crippen LogP contribution is -2.24. The highest BCUT2D eigenvalue weighted by Gasteiger charge is 2.16. The first kappa shape index (κ1) is 18.1. The molecule has 0 aliphatic carbocycles. The van der Waals surface area contributed by atoms with E-state index >= 15 is 0 Å². The highest BCUT2D eigenvalue weighted by atomic mass is 16.5. The van der Waals surface area contributed by atoms with Gasteiger partial charge in [-0.15, -0.1) is 0 Å². The second-order valence-corrected chi connectivity index (χ2v) is 5.77. The van der Waals surface area contributed by atoms with Crippen molar-refractivity contribution in [3.8, 4) is 5.75 Å². The van der Waals surface area contributed by atoms with Gasteiger partial charge in [-0.1, -0.05) is 12.1 Å². The molecular weight excluding hydrogens is 346 g/mol.